The Morgan fingerprint density at radius 1 is 1.40 bits per heavy atom. The van der Waals surface area contributed by atoms with Crippen molar-refractivity contribution in [2.24, 2.45) is 11.7 Å². The molecule has 3 nitrogen and oxygen atoms in total. The molecule has 1 aliphatic rings. The van der Waals surface area contributed by atoms with E-state index in [9.17, 15) is 0 Å². The first-order chi connectivity index (χ1) is 7.06. The molecule has 0 aromatic carbocycles. The highest BCUT2D eigenvalue weighted by atomic mass is 16.5. The predicted octanol–water partition coefficient (Wildman–Crippen LogP) is 1.47. The maximum atomic E-state index is 6.27. The Labute approximate surface area is 94.0 Å². The van der Waals surface area contributed by atoms with Crippen molar-refractivity contribution in [3.8, 4) is 0 Å². The number of nitrogens with zero attached hydrogens (tertiary/aromatic N) is 1. The summed E-state index contributed by atoms with van der Waals surface area (Å²) < 4.78 is 5.14. The molecular formula is C12H26N2O. The van der Waals surface area contributed by atoms with Gasteiger partial charge in [0.15, 0.2) is 0 Å². The summed E-state index contributed by atoms with van der Waals surface area (Å²) in [6, 6.07) is 0. The molecule has 2 N–H and O–H groups in total. The van der Waals surface area contributed by atoms with Crippen LogP contribution in [0.2, 0.25) is 0 Å². The van der Waals surface area contributed by atoms with Crippen LogP contribution in [-0.2, 0) is 4.74 Å². The van der Waals surface area contributed by atoms with Gasteiger partial charge < -0.3 is 10.5 Å². The number of methoxy groups -OCH3 is 1. The van der Waals surface area contributed by atoms with E-state index in [2.05, 4.69) is 18.7 Å². The summed E-state index contributed by atoms with van der Waals surface area (Å²) >= 11 is 0. The van der Waals surface area contributed by atoms with Gasteiger partial charge in [-0.3, -0.25) is 4.90 Å². The van der Waals surface area contributed by atoms with Gasteiger partial charge in [-0.1, -0.05) is 13.8 Å². The first-order valence-electron chi connectivity index (χ1n) is 6.06. The molecule has 0 aliphatic heterocycles. The average Bonchev–Trinajstić information content (AvgIpc) is 2.10. The van der Waals surface area contributed by atoms with Crippen molar-refractivity contribution in [1.82, 2.24) is 4.90 Å². The van der Waals surface area contributed by atoms with E-state index in [1.165, 1.54) is 19.3 Å². The van der Waals surface area contributed by atoms with Gasteiger partial charge in [-0.2, -0.15) is 0 Å². The summed E-state index contributed by atoms with van der Waals surface area (Å²) in [5.41, 5.74) is 6.37. The standard InChI is InChI=1S/C12H26N2O/c1-11(2)9-14(7-8-15-3)10-12(13)5-4-6-12/h11H,4-10,13H2,1-3H3. The SMILES string of the molecule is COCCN(CC(C)C)CC1(N)CCC1. The van der Waals surface area contributed by atoms with E-state index in [0.29, 0.717) is 5.92 Å². The molecule has 0 aromatic rings. The molecule has 15 heavy (non-hydrogen) atoms. The first-order valence-corrected chi connectivity index (χ1v) is 6.06. The van der Waals surface area contributed by atoms with Gasteiger partial charge in [0.05, 0.1) is 6.61 Å². The highest BCUT2D eigenvalue weighted by Gasteiger charge is 2.34. The fourth-order valence-corrected chi connectivity index (χ4v) is 2.21. The third-order valence-electron chi connectivity index (χ3n) is 3.12. The molecule has 1 saturated carbocycles. The highest BCUT2D eigenvalue weighted by molar-refractivity contribution is 4.95. The second-order valence-corrected chi connectivity index (χ2v) is 5.34. The smallest absolute Gasteiger partial charge is 0.0589 e. The van der Waals surface area contributed by atoms with Crippen LogP contribution in [0, 0.1) is 5.92 Å². The monoisotopic (exact) mass is 214 g/mol. The van der Waals surface area contributed by atoms with Crippen LogP contribution in [0.25, 0.3) is 0 Å². The zero-order valence-electron chi connectivity index (χ0n) is 10.5. The maximum absolute atomic E-state index is 6.27. The number of rotatable bonds is 7. The van der Waals surface area contributed by atoms with E-state index in [4.69, 9.17) is 10.5 Å². The zero-order valence-corrected chi connectivity index (χ0v) is 10.5. The number of hydrogen-bond acceptors (Lipinski definition) is 3. The van der Waals surface area contributed by atoms with Crippen LogP contribution in [0.5, 0.6) is 0 Å². The van der Waals surface area contributed by atoms with Crippen molar-refractivity contribution in [3.63, 3.8) is 0 Å². The Morgan fingerprint density at radius 2 is 2.07 bits per heavy atom. The molecule has 1 fully saturated rings. The molecular weight excluding hydrogens is 188 g/mol. The summed E-state index contributed by atoms with van der Waals surface area (Å²) in [6.07, 6.45) is 3.68. The van der Waals surface area contributed by atoms with Crippen LogP contribution in [0.1, 0.15) is 33.1 Å². The minimum atomic E-state index is 0.0998. The average molecular weight is 214 g/mol. The van der Waals surface area contributed by atoms with Crippen LogP contribution in [-0.4, -0.2) is 43.8 Å². The minimum Gasteiger partial charge on any atom is -0.383 e. The lowest BCUT2D eigenvalue weighted by Gasteiger charge is -2.42. The van der Waals surface area contributed by atoms with Gasteiger partial charge in [0.25, 0.3) is 0 Å². The van der Waals surface area contributed by atoms with Crippen molar-refractivity contribution >= 4 is 0 Å². The Morgan fingerprint density at radius 3 is 2.47 bits per heavy atom. The molecule has 0 spiro atoms. The maximum Gasteiger partial charge on any atom is 0.0589 e. The molecule has 0 saturated heterocycles. The summed E-state index contributed by atoms with van der Waals surface area (Å²) in [5.74, 6) is 0.700. The Hall–Kier alpha value is -0.120. The second kappa shape index (κ2) is 5.83. The van der Waals surface area contributed by atoms with E-state index < -0.39 is 0 Å². The fraction of sp³-hybridized carbons (Fsp3) is 1.00. The van der Waals surface area contributed by atoms with E-state index in [1.807, 2.05) is 0 Å². The first kappa shape index (κ1) is 12.9. The molecule has 0 aromatic heterocycles. The number of ether oxygens (including phenoxy) is 1. The van der Waals surface area contributed by atoms with Gasteiger partial charge in [-0.25, -0.2) is 0 Å². The topological polar surface area (TPSA) is 38.5 Å². The number of hydrogen-bond donors (Lipinski definition) is 1. The van der Waals surface area contributed by atoms with Crippen molar-refractivity contribution in [2.75, 3.05) is 33.4 Å². The quantitative estimate of drug-likeness (QED) is 0.697. The van der Waals surface area contributed by atoms with Gasteiger partial charge in [-0.15, -0.1) is 0 Å². The van der Waals surface area contributed by atoms with E-state index >= 15 is 0 Å². The van der Waals surface area contributed by atoms with E-state index in [1.54, 1.807) is 7.11 Å². The Balaban J connectivity index is 2.33. The predicted molar refractivity (Wildman–Crippen MR) is 63.9 cm³/mol. The molecule has 0 amide bonds. The zero-order chi connectivity index (χ0) is 11.3. The minimum absolute atomic E-state index is 0.0998. The molecule has 90 valence electrons. The van der Waals surface area contributed by atoms with Crippen LogP contribution >= 0.6 is 0 Å². The summed E-state index contributed by atoms with van der Waals surface area (Å²) in [5, 5.41) is 0. The lowest BCUT2D eigenvalue weighted by molar-refractivity contribution is 0.0976. The second-order valence-electron chi connectivity index (χ2n) is 5.34. The van der Waals surface area contributed by atoms with Gasteiger partial charge in [0.2, 0.25) is 0 Å². The molecule has 0 unspecified atom stereocenters. The van der Waals surface area contributed by atoms with Crippen molar-refractivity contribution in [3.05, 3.63) is 0 Å². The number of nitrogens with two attached hydrogens (primary N) is 1. The third-order valence-corrected chi connectivity index (χ3v) is 3.12. The molecule has 0 heterocycles. The van der Waals surface area contributed by atoms with Gasteiger partial charge in [0.1, 0.15) is 0 Å². The van der Waals surface area contributed by atoms with E-state index in [-0.39, 0.29) is 5.54 Å². The van der Waals surface area contributed by atoms with Gasteiger partial charge in [-0.05, 0) is 25.2 Å². The lowest BCUT2D eigenvalue weighted by atomic mass is 9.77. The molecule has 1 rings (SSSR count). The molecule has 3 heteroatoms. The van der Waals surface area contributed by atoms with Crippen molar-refractivity contribution in [1.29, 1.82) is 0 Å². The van der Waals surface area contributed by atoms with Gasteiger partial charge >= 0.3 is 0 Å². The normalized spacial score (nSPS) is 19.6. The summed E-state index contributed by atoms with van der Waals surface area (Å²) in [6.45, 7) is 8.49. The highest BCUT2D eigenvalue weighted by Crippen LogP contribution is 2.29. The fourth-order valence-electron chi connectivity index (χ4n) is 2.21. The van der Waals surface area contributed by atoms with Crippen LogP contribution in [0.15, 0.2) is 0 Å². The van der Waals surface area contributed by atoms with Gasteiger partial charge in [0, 0.05) is 32.3 Å². The lowest BCUT2D eigenvalue weighted by Crippen LogP contribution is -2.55. The van der Waals surface area contributed by atoms with Crippen LogP contribution in [0.3, 0.4) is 0 Å². The molecule has 1 aliphatic carbocycles. The largest absolute Gasteiger partial charge is 0.383 e. The van der Waals surface area contributed by atoms with Crippen LogP contribution < -0.4 is 5.73 Å². The molecule has 0 atom stereocenters. The molecule has 0 bridgehead atoms. The third kappa shape index (κ3) is 4.49. The van der Waals surface area contributed by atoms with Crippen molar-refractivity contribution < 1.29 is 4.74 Å². The van der Waals surface area contributed by atoms with Crippen molar-refractivity contribution in [2.45, 2.75) is 38.6 Å². The Kier molecular flexibility index (Phi) is 5.03. The summed E-state index contributed by atoms with van der Waals surface area (Å²) in [4.78, 5) is 2.45. The summed E-state index contributed by atoms with van der Waals surface area (Å²) in [7, 11) is 1.76. The Bertz CT molecular complexity index is 178. The van der Waals surface area contributed by atoms with E-state index in [0.717, 1.165) is 26.2 Å². The van der Waals surface area contributed by atoms with Crippen LogP contribution in [0.4, 0.5) is 0 Å². The molecule has 0 radical (unpaired) electrons.